The minimum Gasteiger partial charge on any atom is -1.00 e. The monoisotopic (exact) mass is 545 g/mol. The van der Waals surface area contributed by atoms with Crippen LogP contribution in [0.3, 0.4) is 0 Å². The number of hydrogen-bond acceptors (Lipinski definition) is 5. The molecule has 2 aromatic rings. The van der Waals surface area contributed by atoms with Crippen LogP contribution in [0.1, 0.15) is 37.8 Å². The van der Waals surface area contributed by atoms with Gasteiger partial charge >= 0.3 is 0 Å². The van der Waals surface area contributed by atoms with Gasteiger partial charge < -0.3 is 51.4 Å². The molecule has 1 aliphatic rings. The number of fused-ring (bicyclic) bond motifs is 1. The molecule has 0 spiro atoms. The Balaban J connectivity index is 0.00000342. The van der Waals surface area contributed by atoms with Gasteiger partial charge in [0.25, 0.3) is 0 Å². The molecule has 3 amide bonds. The molecular formula is C27H33Cl2N5O3-2. The maximum Gasteiger partial charge on any atom is 0.246 e. The number of carbonyl (C=O) groups is 3. The summed E-state index contributed by atoms with van der Waals surface area (Å²) in [5.74, 6) is -1.08. The van der Waals surface area contributed by atoms with Gasteiger partial charge in [-0.1, -0.05) is 48.6 Å². The van der Waals surface area contributed by atoms with Crippen molar-refractivity contribution in [1.29, 1.82) is 0 Å². The van der Waals surface area contributed by atoms with Gasteiger partial charge in [0.1, 0.15) is 12.1 Å². The Kier molecular flexibility index (Phi) is 12.4. The largest absolute Gasteiger partial charge is 1.00 e. The van der Waals surface area contributed by atoms with E-state index >= 15 is 0 Å². The van der Waals surface area contributed by atoms with E-state index in [2.05, 4.69) is 57.4 Å². The highest BCUT2D eigenvalue weighted by molar-refractivity contribution is 5.98. The molecule has 1 heterocycles. The lowest BCUT2D eigenvalue weighted by Gasteiger charge is -2.26. The van der Waals surface area contributed by atoms with Crippen molar-refractivity contribution in [1.82, 2.24) is 10.6 Å². The molecule has 0 aromatic heterocycles. The fourth-order valence-electron chi connectivity index (χ4n) is 3.62. The van der Waals surface area contributed by atoms with Gasteiger partial charge in [0.15, 0.2) is 0 Å². The molecular weight excluding hydrogens is 513 g/mol. The second-order valence-corrected chi connectivity index (χ2v) is 8.76. The van der Waals surface area contributed by atoms with E-state index in [-0.39, 0.29) is 36.6 Å². The van der Waals surface area contributed by atoms with E-state index in [1.165, 1.54) is 25.1 Å². The number of nitrogens with two attached hydrogens (primary N) is 1. The number of halogens is 2. The standard InChI is InChI=1S/C27H33N5O3.2ClH/c1-17(28)25(33)29-18(2)26(34)30-19(3)27(35)31-22-13-10-20(11-14-22)9-12-21-15-16-32(4)24-8-6-5-7-23(21)24;;/h5-19,21H,28H2,1-4H3,(H,29,33)(H,30,34)(H,31,35);2*1H/p-2/b12-9+;;/t17-,18-,19+,21?;;/m1../s1. The summed E-state index contributed by atoms with van der Waals surface area (Å²) in [6.07, 6.45) is 8.44. The van der Waals surface area contributed by atoms with E-state index in [1.807, 2.05) is 43.4 Å². The molecule has 0 radical (unpaired) electrons. The van der Waals surface area contributed by atoms with Gasteiger partial charge in [0.05, 0.1) is 6.04 Å². The second-order valence-electron chi connectivity index (χ2n) is 8.76. The van der Waals surface area contributed by atoms with Crippen LogP contribution in [-0.2, 0) is 14.4 Å². The van der Waals surface area contributed by atoms with E-state index in [0.717, 1.165) is 5.56 Å². The van der Waals surface area contributed by atoms with Gasteiger partial charge in [0, 0.05) is 30.5 Å². The SMILES string of the molecule is C[C@H](NC(=O)[C@@H](C)NC(=O)[C@@H](C)N)C(=O)Nc1ccc(/C=C/C2C=CN(C)c3ccccc32)cc1.[Cl-].[Cl-]. The molecule has 37 heavy (non-hydrogen) atoms. The first kappa shape index (κ1) is 31.7. The number of nitrogens with zero attached hydrogens (tertiary/aromatic N) is 1. The number of para-hydroxylation sites is 1. The molecule has 0 saturated carbocycles. The lowest BCUT2D eigenvalue weighted by atomic mass is 9.93. The third-order valence-corrected chi connectivity index (χ3v) is 5.78. The smallest absolute Gasteiger partial charge is 0.246 e. The van der Waals surface area contributed by atoms with Crippen LogP contribution < -0.4 is 51.4 Å². The molecule has 4 atom stereocenters. The summed E-state index contributed by atoms with van der Waals surface area (Å²) >= 11 is 0. The summed E-state index contributed by atoms with van der Waals surface area (Å²) in [6.45, 7) is 4.64. The number of carbonyl (C=O) groups excluding carboxylic acids is 3. The first-order valence-corrected chi connectivity index (χ1v) is 11.6. The summed E-state index contributed by atoms with van der Waals surface area (Å²) in [7, 11) is 2.04. The van der Waals surface area contributed by atoms with Gasteiger partial charge in [-0.15, -0.1) is 0 Å². The maximum absolute atomic E-state index is 12.5. The lowest BCUT2D eigenvalue weighted by molar-refractivity contribution is -0.130. The average molecular weight is 546 g/mol. The molecule has 0 fully saturated rings. The Morgan fingerprint density at radius 2 is 1.49 bits per heavy atom. The number of allylic oxidation sites excluding steroid dienone is 2. The predicted molar refractivity (Wildman–Crippen MR) is 140 cm³/mol. The van der Waals surface area contributed by atoms with Crippen LogP contribution in [0.4, 0.5) is 11.4 Å². The fraction of sp³-hybridized carbons (Fsp3) is 0.296. The zero-order valence-electron chi connectivity index (χ0n) is 21.2. The topological polar surface area (TPSA) is 117 Å². The van der Waals surface area contributed by atoms with Crippen molar-refractivity contribution in [3.8, 4) is 0 Å². The number of nitrogens with one attached hydrogen (secondary N) is 3. The predicted octanol–water partition coefficient (Wildman–Crippen LogP) is -3.25. The number of benzene rings is 2. The zero-order valence-corrected chi connectivity index (χ0v) is 22.8. The highest BCUT2D eigenvalue weighted by Gasteiger charge is 2.22. The number of rotatable bonds is 8. The van der Waals surface area contributed by atoms with Gasteiger partial charge in [-0.05, 0) is 50.1 Å². The molecule has 1 unspecified atom stereocenters. The second kappa shape index (κ2) is 14.4. The van der Waals surface area contributed by atoms with Gasteiger partial charge in [0.2, 0.25) is 17.7 Å². The summed E-state index contributed by atoms with van der Waals surface area (Å²) in [5.41, 5.74) is 9.56. The number of anilines is 2. The summed E-state index contributed by atoms with van der Waals surface area (Å²) < 4.78 is 0. The molecule has 10 heteroatoms. The molecule has 5 N–H and O–H groups in total. The normalized spacial score (nSPS) is 16.4. The van der Waals surface area contributed by atoms with E-state index in [0.29, 0.717) is 5.69 Å². The minimum absolute atomic E-state index is 0. The minimum atomic E-state index is -0.804. The first-order valence-electron chi connectivity index (χ1n) is 11.6. The van der Waals surface area contributed by atoms with Crippen molar-refractivity contribution in [3.05, 3.63) is 78.0 Å². The quantitative estimate of drug-likeness (QED) is 0.278. The Morgan fingerprint density at radius 1 is 0.892 bits per heavy atom. The van der Waals surface area contributed by atoms with Crippen LogP contribution in [0.5, 0.6) is 0 Å². The zero-order chi connectivity index (χ0) is 25.5. The van der Waals surface area contributed by atoms with Crippen molar-refractivity contribution < 1.29 is 39.2 Å². The number of amides is 3. The van der Waals surface area contributed by atoms with E-state index in [4.69, 9.17) is 5.73 Å². The van der Waals surface area contributed by atoms with Crippen molar-refractivity contribution in [2.75, 3.05) is 17.3 Å². The molecule has 1 aliphatic heterocycles. The van der Waals surface area contributed by atoms with Crippen LogP contribution in [0.15, 0.2) is 66.9 Å². The van der Waals surface area contributed by atoms with Crippen LogP contribution >= 0.6 is 0 Å². The molecule has 200 valence electrons. The Bertz CT molecular complexity index is 1140. The van der Waals surface area contributed by atoms with Gasteiger partial charge in [-0.25, -0.2) is 0 Å². The van der Waals surface area contributed by atoms with Crippen molar-refractivity contribution >= 4 is 35.2 Å². The Hall–Kier alpha value is -3.33. The highest BCUT2D eigenvalue weighted by atomic mass is 35.5. The molecule has 2 aromatic carbocycles. The van der Waals surface area contributed by atoms with Crippen molar-refractivity contribution in [2.24, 2.45) is 5.73 Å². The molecule has 0 saturated heterocycles. The third-order valence-electron chi connectivity index (χ3n) is 5.78. The van der Waals surface area contributed by atoms with E-state index in [9.17, 15) is 14.4 Å². The third kappa shape index (κ3) is 8.63. The van der Waals surface area contributed by atoms with Crippen molar-refractivity contribution in [2.45, 2.75) is 44.8 Å². The van der Waals surface area contributed by atoms with Crippen LogP contribution in [0.2, 0.25) is 0 Å². The van der Waals surface area contributed by atoms with E-state index in [1.54, 1.807) is 6.92 Å². The summed E-state index contributed by atoms with van der Waals surface area (Å²) in [5, 5.41) is 7.89. The van der Waals surface area contributed by atoms with Gasteiger partial charge in [-0.2, -0.15) is 0 Å². The lowest BCUT2D eigenvalue weighted by Crippen LogP contribution is -3.00. The summed E-state index contributed by atoms with van der Waals surface area (Å²) in [4.78, 5) is 38.5. The Labute approximate surface area is 230 Å². The molecule has 0 bridgehead atoms. The molecule has 3 rings (SSSR count). The van der Waals surface area contributed by atoms with Crippen LogP contribution in [-0.4, -0.2) is 42.9 Å². The number of hydrogen-bond donors (Lipinski definition) is 4. The fourth-order valence-corrected chi connectivity index (χ4v) is 3.62. The van der Waals surface area contributed by atoms with Gasteiger partial charge in [-0.3, -0.25) is 14.4 Å². The maximum atomic E-state index is 12.5. The highest BCUT2D eigenvalue weighted by Crippen LogP contribution is 2.33. The van der Waals surface area contributed by atoms with Crippen LogP contribution in [0, 0.1) is 0 Å². The van der Waals surface area contributed by atoms with E-state index < -0.39 is 29.9 Å². The Morgan fingerprint density at radius 3 is 2.14 bits per heavy atom. The van der Waals surface area contributed by atoms with Crippen LogP contribution in [0.25, 0.3) is 6.08 Å². The molecule has 0 aliphatic carbocycles. The average Bonchev–Trinajstić information content (AvgIpc) is 2.84. The van der Waals surface area contributed by atoms with Crippen molar-refractivity contribution in [3.63, 3.8) is 0 Å². The summed E-state index contributed by atoms with van der Waals surface area (Å²) in [6, 6.07) is 13.5. The first-order chi connectivity index (χ1) is 16.7. The molecule has 8 nitrogen and oxygen atoms in total.